The molecule has 132 valence electrons. The molecule has 0 saturated heterocycles. The summed E-state index contributed by atoms with van der Waals surface area (Å²) in [6.45, 7) is 5.65. The van der Waals surface area contributed by atoms with Crippen LogP contribution in [0.25, 0.3) is 0 Å². The van der Waals surface area contributed by atoms with Crippen molar-refractivity contribution >= 4 is 11.9 Å². The van der Waals surface area contributed by atoms with E-state index in [1.807, 2.05) is 30.3 Å². The van der Waals surface area contributed by atoms with E-state index in [1.165, 1.54) is 0 Å². The number of carbonyl (C=O) groups is 2. The van der Waals surface area contributed by atoms with E-state index >= 15 is 0 Å². The number of hydrogen-bond acceptors (Lipinski definition) is 4. The summed E-state index contributed by atoms with van der Waals surface area (Å²) in [6.07, 6.45) is -0.608. The molecule has 2 aromatic carbocycles. The summed E-state index contributed by atoms with van der Waals surface area (Å²) in [6, 6.07) is 16.7. The van der Waals surface area contributed by atoms with Gasteiger partial charge in [-0.3, -0.25) is 4.79 Å². The molecule has 0 radical (unpaired) electrons. The summed E-state index contributed by atoms with van der Waals surface area (Å²) in [4.78, 5) is 23.7. The first-order valence-corrected chi connectivity index (χ1v) is 8.10. The van der Waals surface area contributed by atoms with Crippen molar-refractivity contribution < 1.29 is 19.1 Å². The normalized spacial score (nSPS) is 10.8. The predicted octanol–water partition coefficient (Wildman–Crippen LogP) is 3.97. The van der Waals surface area contributed by atoms with Gasteiger partial charge in [-0.1, -0.05) is 30.3 Å². The molecule has 0 aliphatic carbocycles. The number of Topliss-reactive ketones (excluding diaryl/α,β-unsaturated/α-hetero) is 1. The molecule has 0 aliphatic heterocycles. The molecule has 0 saturated carbocycles. The number of hydrogen-bond donors (Lipinski definition) is 1. The highest BCUT2D eigenvalue weighted by Crippen LogP contribution is 2.14. The monoisotopic (exact) mass is 341 g/mol. The van der Waals surface area contributed by atoms with Gasteiger partial charge in [0.1, 0.15) is 18.0 Å². The van der Waals surface area contributed by atoms with Crippen molar-refractivity contribution in [2.75, 3.05) is 6.54 Å². The lowest BCUT2D eigenvalue weighted by Gasteiger charge is -2.19. The first-order valence-electron chi connectivity index (χ1n) is 8.10. The van der Waals surface area contributed by atoms with Crippen LogP contribution in [0, 0.1) is 0 Å². The van der Waals surface area contributed by atoms with Crippen LogP contribution >= 0.6 is 0 Å². The van der Waals surface area contributed by atoms with E-state index < -0.39 is 11.7 Å². The average Bonchev–Trinajstić information content (AvgIpc) is 2.58. The smallest absolute Gasteiger partial charge is 0.408 e. The predicted molar refractivity (Wildman–Crippen MR) is 95.8 cm³/mol. The number of benzene rings is 2. The van der Waals surface area contributed by atoms with Gasteiger partial charge in [0.15, 0.2) is 5.78 Å². The number of amides is 1. The number of ether oxygens (including phenoxy) is 2. The Labute approximate surface area is 148 Å². The van der Waals surface area contributed by atoms with Crippen molar-refractivity contribution in [1.82, 2.24) is 5.32 Å². The van der Waals surface area contributed by atoms with Gasteiger partial charge in [-0.25, -0.2) is 4.79 Å². The number of carbonyl (C=O) groups excluding carboxylic acids is 2. The quantitative estimate of drug-likeness (QED) is 0.807. The zero-order valence-corrected chi connectivity index (χ0v) is 14.7. The molecule has 0 bridgehead atoms. The third kappa shape index (κ3) is 6.67. The van der Waals surface area contributed by atoms with Gasteiger partial charge in [-0.2, -0.15) is 0 Å². The van der Waals surface area contributed by atoms with Crippen molar-refractivity contribution in [3.8, 4) is 5.75 Å². The van der Waals surface area contributed by atoms with Crippen LogP contribution in [0.2, 0.25) is 0 Å². The lowest BCUT2D eigenvalue weighted by atomic mass is 10.1. The molecule has 1 amide bonds. The SMILES string of the molecule is CC(C)(C)OC(=O)NCC(=O)c1ccc(OCc2ccccc2)cc1. The summed E-state index contributed by atoms with van der Waals surface area (Å²) in [5, 5.41) is 2.46. The summed E-state index contributed by atoms with van der Waals surface area (Å²) >= 11 is 0. The molecule has 0 aliphatic rings. The minimum Gasteiger partial charge on any atom is -0.489 e. The van der Waals surface area contributed by atoms with Crippen LogP contribution in [-0.2, 0) is 11.3 Å². The lowest BCUT2D eigenvalue weighted by molar-refractivity contribution is 0.0520. The standard InChI is InChI=1S/C20H23NO4/c1-20(2,3)25-19(23)21-13-18(22)16-9-11-17(12-10-16)24-14-15-7-5-4-6-8-15/h4-12H,13-14H2,1-3H3,(H,21,23). The molecule has 25 heavy (non-hydrogen) atoms. The van der Waals surface area contributed by atoms with E-state index in [2.05, 4.69) is 5.32 Å². The highest BCUT2D eigenvalue weighted by atomic mass is 16.6. The molecule has 0 heterocycles. The van der Waals surface area contributed by atoms with Crippen molar-refractivity contribution in [2.45, 2.75) is 33.0 Å². The van der Waals surface area contributed by atoms with Crippen LogP contribution in [0.4, 0.5) is 4.79 Å². The van der Waals surface area contributed by atoms with Gasteiger partial charge >= 0.3 is 6.09 Å². The van der Waals surface area contributed by atoms with Crippen LogP contribution < -0.4 is 10.1 Å². The summed E-state index contributed by atoms with van der Waals surface area (Å²) in [5.41, 5.74) is 0.984. The fraction of sp³-hybridized carbons (Fsp3) is 0.300. The molecule has 2 rings (SSSR count). The zero-order chi connectivity index (χ0) is 18.3. The summed E-state index contributed by atoms with van der Waals surface area (Å²) in [7, 11) is 0. The Bertz CT molecular complexity index is 703. The molecular weight excluding hydrogens is 318 g/mol. The van der Waals surface area contributed by atoms with Crippen molar-refractivity contribution in [3.63, 3.8) is 0 Å². The molecular formula is C20H23NO4. The Hall–Kier alpha value is -2.82. The lowest BCUT2D eigenvalue weighted by Crippen LogP contribution is -2.35. The maximum atomic E-state index is 12.1. The van der Waals surface area contributed by atoms with Crippen molar-refractivity contribution in [3.05, 3.63) is 65.7 Å². The van der Waals surface area contributed by atoms with E-state index in [-0.39, 0.29) is 12.3 Å². The van der Waals surface area contributed by atoms with E-state index in [1.54, 1.807) is 45.0 Å². The van der Waals surface area contributed by atoms with E-state index in [4.69, 9.17) is 9.47 Å². The second-order valence-electron chi connectivity index (χ2n) is 6.58. The Morgan fingerprint density at radius 3 is 2.20 bits per heavy atom. The Kier molecular flexibility index (Phi) is 6.17. The molecule has 0 atom stereocenters. The maximum absolute atomic E-state index is 12.1. The van der Waals surface area contributed by atoms with E-state index in [0.717, 1.165) is 5.56 Å². The van der Waals surface area contributed by atoms with Gasteiger partial charge in [0.05, 0.1) is 6.54 Å². The van der Waals surface area contributed by atoms with Crippen molar-refractivity contribution in [2.24, 2.45) is 0 Å². The fourth-order valence-electron chi connectivity index (χ4n) is 2.05. The second-order valence-corrected chi connectivity index (χ2v) is 6.58. The average molecular weight is 341 g/mol. The number of nitrogens with one attached hydrogen (secondary N) is 1. The summed E-state index contributed by atoms with van der Waals surface area (Å²) < 4.78 is 10.8. The number of alkyl carbamates (subject to hydrolysis) is 1. The van der Waals surface area contributed by atoms with Gasteiger partial charge < -0.3 is 14.8 Å². The first kappa shape index (κ1) is 18.5. The van der Waals surface area contributed by atoms with Gasteiger partial charge in [-0.15, -0.1) is 0 Å². The third-order valence-electron chi connectivity index (χ3n) is 3.22. The fourth-order valence-corrected chi connectivity index (χ4v) is 2.05. The molecule has 2 aromatic rings. The third-order valence-corrected chi connectivity index (χ3v) is 3.22. The van der Waals surface area contributed by atoms with Crippen LogP contribution in [0.3, 0.4) is 0 Å². The maximum Gasteiger partial charge on any atom is 0.408 e. The van der Waals surface area contributed by atoms with Gasteiger partial charge in [0.25, 0.3) is 0 Å². The molecule has 0 fully saturated rings. The minimum atomic E-state index is -0.608. The molecule has 1 N–H and O–H groups in total. The minimum absolute atomic E-state index is 0.112. The van der Waals surface area contributed by atoms with Crippen LogP contribution in [-0.4, -0.2) is 24.0 Å². The second kappa shape index (κ2) is 8.33. The van der Waals surface area contributed by atoms with Gasteiger partial charge in [-0.05, 0) is 50.6 Å². The Morgan fingerprint density at radius 2 is 1.60 bits per heavy atom. The molecule has 0 unspecified atom stereocenters. The molecule has 0 spiro atoms. The zero-order valence-electron chi connectivity index (χ0n) is 14.7. The highest BCUT2D eigenvalue weighted by molar-refractivity contribution is 5.98. The summed E-state index contributed by atoms with van der Waals surface area (Å²) in [5.74, 6) is 0.487. The number of rotatable bonds is 6. The van der Waals surface area contributed by atoms with E-state index in [9.17, 15) is 9.59 Å². The topological polar surface area (TPSA) is 64.6 Å². The first-order chi connectivity index (χ1) is 11.8. The Morgan fingerprint density at radius 1 is 0.960 bits per heavy atom. The molecule has 5 heteroatoms. The van der Waals surface area contributed by atoms with Crippen LogP contribution in [0.1, 0.15) is 36.7 Å². The van der Waals surface area contributed by atoms with Gasteiger partial charge in [0.2, 0.25) is 0 Å². The molecule has 5 nitrogen and oxygen atoms in total. The highest BCUT2D eigenvalue weighted by Gasteiger charge is 2.17. The molecule has 0 aromatic heterocycles. The number of ketones is 1. The van der Waals surface area contributed by atoms with Crippen molar-refractivity contribution in [1.29, 1.82) is 0 Å². The van der Waals surface area contributed by atoms with Gasteiger partial charge in [0, 0.05) is 5.56 Å². The van der Waals surface area contributed by atoms with Crippen LogP contribution in [0.15, 0.2) is 54.6 Å². The van der Waals surface area contributed by atoms with E-state index in [0.29, 0.717) is 17.9 Å². The Balaban J connectivity index is 1.82. The van der Waals surface area contributed by atoms with Crippen LogP contribution in [0.5, 0.6) is 5.75 Å². The largest absolute Gasteiger partial charge is 0.489 e.